The van der Waals surface area contributed by atoms with Gasteiger partial charge in [-0.1, -0.05) is 36.4 Å². The summed E-state index contributed by atoms with van der Waals surface area (Å²) >= 11 is 0. The average Bonchev–Trinajstić information content (AvgIpc) is 2.67. The summed E-state index contributed by atoms with van der Waals surface area (Å²) in [5.74, 6) is -0.147. The number of nitrogens with one attached hydrogen (secondary N) is 2. The number of ether oxygens (including phenoxy) is 1. The number of para-hydroxylation sites is 2. The number of carbonyl (C=O) groups is 2. The molecule has 0 radical (unpaired) electrons. The summed E-state index contributed by atoms with van der Waals surface area (Å²) in [4.78, 5) is 24.2. The lowest BCUT2D eigenvalue weighted by atomic mass is 10.2. The van der Waals surface area contributed by atoms with Gasteiger partial charge >= 0.3 is 0 Å². The van der Waals surface area contributed by atoms with Crippen LogP contribution < -0.4 is 15.6 Å². The van der Waals surface area contributed by atoms with Gasteiger partial charge in [0.2, 0.25) is 0 Å². The summed E-state index contributed by atoms with van der Waals surface area (Å²) in [6, 6.07) is 21.8. The molecular weight excluding hydrogens is 332 g/mol. The molecule has 0 aliphatic carbocycles. The van der Waals surface area contributed by atoms with Gasteiger partial charge < -0.3 is 9.84 Å². The number of aromatic hydroxyl groups is 1. The highest BCUT2D eigenvalue weighted by Gasteiger charge is 2.12. The summed E-state index contributed by atoms with van der Waals surface area (Å²) in [7, 11) is 0. The van der Waals surface area contributed by atoms with Crippen LogP contribution in [0.3, 0.4) is 0 Å². The molecule has 6 heteroatoms. The fourth-order valence-corrected chi connectivity index (χ4v) is 2.24. The van der Waals surface area contributed by atoms with Gasteiger partial charge in [-0.05, 0) is 42.5 Å². The van der Waals surface area contributed by atoms with Crippen LogP contribution in [0.15, 0.2) is 78.9 Å². The van der Waals surface area contributed by atoms with Crippen molar-refractivity contribution in [3.63, 3.8) is 0 Å². The van der Waals surface area contributed by atoms with Crippen molar-refractivity contribution in [2.75, 3.05) is 0 Å². The Labute approximate surface area is 150 Å². The van der Waals surface area contributed by atoms with Crippen LogP contribution in [0, 0.1) is 0 Å². The van der Waals surface area contributed by atoms with E-state index in [1.165, 1.54) is 12.1 Å². The number of benzene rings is 3. The summed E-state index contributed by atoms with van der Waals surface area (Å²) < 4.78 is 5.68. The number of hydrazine groups is 1. The highest BCUT2D eigenvalue weighted by molar-refractivity contribution is 6.00. The molecule has 0 saturated heterocycles. The molecule has 130 valence electrons. The monoisotopic (exact) mass is 348 g/mol. The molecular formula is C20H16N2O4. The van der Waals surface area contributed by atoms with Crippen LogP contribution in [0.1, 0.15) is 20.7 Å². The normalized spacial score (nSPS) is 10.0. The molecule has 0 heterocycles. The largest absolute Gasteiger partial charge is 0.507 e. The Morgan fingerprint density at radius 1 is 0.731 bits per heavy atom. The molecule has 3 aromatic rings. The zero-order valence-corrected chi connectivity index (χ0v) is 13.7. The number of phenolic OH excluding ortho intramolecular Hbond substituents is 1. The van der Waals surface area contributed by atoms with Crippen molar-refractivity contribution in [1.29, 1.82) is 0 Å². The number of hydrogen-bond acceptors (Lipinski definition) is 4. The van der Waals surface area contributed by atoms with Gasteiger partial charge in [0.1, 0.15) is 17.2 Å². The predicted octanol–water partition coefficient (Wildman–Crippen LogP) is 3.26. The third kappa shape index (κ3) is 4.18. The molecule has 0 aliphatic rings. The van der Waals surface area contributed by atoms with Gasteiger partial charge in [0.15, 0.2) is 0 Å². The first-order valence-electron chi connectivity index (χ1n) is 7.85. The Bertz CT molecular complexity index is 926. The van der Waals surface area contributed by atoms with E-state index in [2.05, 4.69) is 10.9 Å². The first-order chi connectivity index (χ1) is 12.6. The third-order valence-corrected chi connectivity index (χ3v) is 3.51. The molecule has 3 N–H and O–H groups in total. The molecule has 0 saturated carbocycles. The van der Waals surface area contributed by atoms with Gasteiger partial charge in [-0.2, -0.15) is 0 Å². The van der Waals surface area contributed by atoms with E-state index < -0.39 is 11.8 Å². The minimum atomic E-state index is -0.617. The Morgan fingerprint density at radius 3 is 2.15 bits per heavy atom. The Balaban J connectivity index is 1.64. The smallest absolute Gasteiger partial charge is 0.273 e. The molecule has 0 atom stereocenters. The minimum Gasteiger partial charge on any atom is -0.507 e. The van der Waals surface area contributed by atoms with Crippen molar-refractivity contribution in [2.45, 2.75) is 0 Å². The molecule has 2 amide bonds. The Kier molecular flexibility index (Phi) is 5.14. The van der Waals surface area contributed by atoms with Crippen LogP contribution >= 0.6 is 0 Å². The van der Waals surface area contributed by atoms with E-state index in [4.69, 9.17) is 4.74 Å². The van der Waals surface area contributed by atoms with Gasteiger partial charge in [0.25, 0.3) is 11.8 Å². The van der Waals surface area contributed by atoms with Crippen LogP contribution in [0.2, 0.25) is 0 Å². The number of hydrogen-bond donors (Lipinski definition) is 3. The molecule has 6 nitrogen and oxygen atoms in total. The van der Waals surface area contributed by atoms with Crippen molar-refractivity contribution in [2.24, 2.45) is 0 Å². The molecule has 26 heavy (non-hydrogen) atoms. The Morgan fingerprint density at radius 2 is 1.38 bits per heavy atom. The number of rotatable bonds is 4. The lowest BCUT2D eigenvalue weighted by Gasteiger charge is -2.10. The van der Waals surface area contributed by atoms with E-state index in [0.717, 1.165) is 0 Å². The fourth-order valence-electron chi connectivity index (χ4n) is 2.24. The van der Waals surface area contributed by atoms with E-state index >= 15 is 0 Å². The van der Waals surface area contributed by atoms with Gasteiger partial charge in [-0.3, -0.25) is 20.4 Å². The molecule has 0 unspecified atom stereocenters. The third-order valence-electron chi connectivity index (χ3n) is 3.51. The highest BCUT2D eigenvalue weighted by atomic mass is 16.5. The average molecular weight is 348 g/mol. The number of amides is 2. The molecule has 0 aromatic heterocycles. The van der Waals surface area contributed by atoms with Gasteiger partial charge in [-0.15, -0.1) is 0 Å². The topological polar surface area (TPSA) is 87.7 Å². The molecule has 0 aliphatic heterocycles. The zero-order valence-electron chi connectivity index (χ0n) is 13.7. The van der Waals surface area contributed by atoms with E-state index in [9.17, 15) is 14.7 Å². The molecule has 0 spiro atoms. The van der Waals surface area contributed by atoms with E-state index in [1.54, 1.807) is 48.5 Å². The maximum atomic E-state index is 12.2. The minimum absolute atomic E-state index is 0.0639. The van der Waals surface area contributed by atoms with Crippen LogP contribution in [-0.4, -0.2) is 16.9 Å². The second-order valence-corrected chi connectivity index (χ2v) is 5.37. The van der Waals surface area contributed by atoms with E-state index in [1.807, 2.05) is 18.2 Å². The second-order valence-electron chi connectivity index (χ2n) is 5.37. The maximum absolute atomic E-state index is 12.2. The summed E-state index contributed by atoms with van der Waals surface area (Å²) in [5.41, 5.74) is 4.96. The first kappa shape index (κ1) is 17.0. The zero-order chi connectivity index (χ0) is 18.4. The molecule has 3 rings (SSSR count). The van der Waals surface area contributed by atoms with Gasteiger partial charge in [0.05, 0.1) is 5.56 Å². The standard InChI is InChI=1S/C20H16N2O4/c23-18-12-5-4-11-17(18)20(25)22-21-19(24)14-7-6-10-16(13-14)26-15-8-2-1-3-9-15/h1-13,23H,(H,21,24)(H,22,25). The van der Waals surface area contributed by atoms with Crippen LogP contribution in [0.4, 0.5) is 0 Å². The summed E-state index contributed by atoms with van der Waals surface area (Å²) in [6.07, 6.45) is 0. The van der Waals surface area contributed by atoms with E-state index in [-0.39, 0.29) is 11.3 Å². The van der Waals surface area contributed by atoms with Crippen molar-refractivity contribution in [3.8, 4) is 17.2 Å². The van der Waals surface area contributed by atoms with Crippen LogP contribution in [0.25, 0.3) is 0 Å². The van der Waals surface area contributed by atoms with Crippen LogP contribution in [-0.2, 0) is 0 Å². The van der Waals surface area contributed by atoms with E-state index in [0.29, 0.717) is 17.1 Å². The Hall–Kier alpha value is -3.80. The molecule has 0 fully saturated rings. The predicted molar refractivity (Wildman–Crippen MR) is 96.0 cm³/mol. The molecule has 0 bridgehead atoms. The van der Waals surface area contributed by atoms with Crippen molar-refractivity contribution >= 4 is 11.8 Å². The van der Waals surface area contributed by atoms with Crippen molar-refractivity contribution in [3.05, 3.63) is 90.0 Å². The lowest BCUT2D eigenvalue weighted by molar-refractivity contribution is 0.0845. The summed E-state index contributed by atoms with van der Waals surface area (Å²) in [5, 5.41) is 9.65. The quantitative estimate of drug-likeness (QED) is 0.632. The fraction of sp³-hybridized carbons (Fsp3) is 0. The van der Waals surface area contributed by atoms with Crippen LogP contribution in [0.5, 0.6) is 17.2 Å². The maximum Gasteiger partial charge on any atom is 0.273 e. The van der Waals surface area contributed by atoms with Crippen molar-refractivity contribution < 1.29 is 19.4 Å². The van der Waals surface area contributed by atoms with Gasteiger partial charge in [0, 0.05) is 5.56 Å². The SMILES string of the molecule is O=C(NNC(=O)c1ccccc1O)c1cccc(Oc2ccccc2)c1. The summed E-state index contributed by atoms with van der Waals surface area (Å²) in [6.45, 7) is 0. The first-order valence-corrected chi connectivity index (χ1v) is 7.85. The highest BCUT2D eigenvalue weighted by Crippen LogP contribution is 2.21. The second kappa shape index (κ2) is 7.85. The molecule has 3 aromatic carbocycles. The lowest BCUT2D eigenvalue weighted by Crippen LogP contribution is -2.41. The van der Waals surface area contributed by atoms with Crippen molar-refractivity contribution in [1.82, 2.24) is 10.9 Å². The van der Waals surface area contributed by atoms with Gasteiger partial charge in [-0.25, -0.2) is 0 Å². The number of phenols is 1. The number of carbonyl (C=O) groups excluding carboxylic acids is 2.